The van der Waals surface area contributed by atoms with E-state index in [1.807, 2.05) is 30.3 Å². The Morgan fingerprint density at radius 1 is 0.829 bits per heavy atom. The van der Waals surface area contributed by atoms with Crippen LogP contribution in [0.3, 0.4) is 0 Å². The first kappa shape index (κ1) is 23.4. The fourth-order valence-corrected chi connectivity index (χ4v) is 5.43. The third-order valence-corrected chi connectivity index (χ3v) is 7.32. The van der Waals surface area contributed by atoms with E-state index in [1.54, 1.807) is 24.3 Å². The van der Waals surface area contributed by atoms with Crippen LogP contribution in [-0.2, 0) is 6.42 Å². The number of nitrogens with zero attached hydrogens (tertiary/aromatic N) is 1. The van der Waals surface area contributed by atoms with Crippen molar-refractivity contribution in [1.82, 2.24) is 10.6 Å². The molecule has 2 aliphatic rings. The summed E-state index contributed by atoms with van der Waals surface area (Å²) in [5.41, 5.74) is 4.80. The van der Waals surface area contributed by atoms with Gasteiger partial charge in [-0.25, -0.2) is 0 Å². The van der Waals surface area contributed by atoms with Crippen molar-refractivity contribution >= 4 is 29.1 Å². The van der Waals surface area contributed by atoms with Crippen molar-refractivity contribution in [1.29, 1.82) is 0 Å². The number of hydrogen-bond donors (Lipinski definition) is 2. The average Bonchev–Trinajstić information content (AvgIpc) is 2.89. The Kier molecular flexibility index (Phi) is 7.05. The van der Waals surface area contributed by atoms with Crippen molar-refractivity contribution in [2.75, 3.05) is 18.0 Å². The molecule has 2 amide bonds. The van der Waals surface area contributed by atoms with Gasteiger partial charge in [-0.1, -0.05) is 54.1 Å². The SMILES string of the molecule is O=C(NC1CCN(c2ccccc2C(=O)N[C@H]2CCCc3ccccc32)CC1)c1cccc(Cl)c1. The van der Waals surface area contributed by atoms with Gasteiger partial charge in [0, 0.05) is 35.4 Å². The van der Waals surface area contributed by atoms with Crippen molar-refractivity contribution in [3.05, 3.63) is 100 Å². The van der Waals surface area contributed by atoms with E-state index in [1.165, 1.54) is 11.1 Å². The maximum absolute atomic E-state index is 13.4. The summed E-state index contributed by atoms with van der Waals surface area (Å²) in [4.78, 5) is 28.2. The normalized spacial score (nSPS) is 18.0. The van der Waals surface area contributed by atoms with E-state index in [2.05, 4.69) is 33.7 Å². The van der Waals surface area contributed by atoms with Gasteiger partial charge in [-0.15, -0.1) is 0 Å². The molecule has 1 fully saturated rings. The largest absolute Gasteiger partial charge is 0.371 e. The van der Waals surface area contributed by atoms with E-state index < -0.39 is 0 Å². The van der Waals surface area contributed by atoms with Gasteiger partial charge in [0.1, 0.15) is 0 Å². The number of para-hydroxylation sites is 1. The number of benzene rings is 3. The van der Waals surface area contributed by atoms with Gasteiger partial charge in [-0.05, 0) is 73.6 Å². The summed E-state index contributed by atoms with van der Waals surface area (Å²) in [6, 6.07) is 23.4. The minimum absolute atomic E-state index is 0.0290. The molecule has 0 aromatic heterocycles. The highest BCUT2D eigenvalue weighted by molar-refractivity contribution is 6.30. The van der Waals surface area contributed by atoms with Gasteiger partial charge in [0.05, 0.1) is 11.6 Å². The predicted molar refractivity (Wildman–Crippen MR) is 140 cm³/mol. The second kappa shape index (κ2) is 10.5. The minimum Gasteiger partial charge on any atom is -0.371 e. The van der Waals surface area contributed by atoms with Crippen molar-refractivity contribution in [2.45, 2.75) is 44.2 Å². The Morgan fingerprint density at radius 3 is 2.43 bits per heavy atom. The third kappa shape index (κ3) is 5.35. The zero-order valence-corrected chi connectivity index (χ0v) is 20.4. The fourth-order valence-electron chi connectivity index (χ4n) is 5.24. The van der Waals surface area contributed by atoms with E-state index in [4.69, 9.17) is 11.6 Å². The number of anilines is 1. The Balaban J connectivity index is 1.23. The number of halogens is 1. The molecule has 180 valence electrons. The van der Waals surface area contributed by atoms with Crippen molar-refractivity contribution < 1.29 is 9.59 Å². The molecule has 0 saturated carbocycles. The highest BCUT2D eigenvalue weighted by atomic mass is 35.5. The second-order valence-electron chi connectivity index (χ2n) is 9.38. The number of nitrogens with one attached hydrogen (secondary N) is 2. The summed E-state index contributed by atoms with van der Waals surface area (Å²) in [5, 5.41) is 6.98. The molecule has 1 atom stereocenters. The number of piperidine rings is 1. The molecule has 2 N–H and O–H groups in total. The summed E-state index contributed by atoms with van der Waals surface area (Å²) < 4.78 is 0. The van der Waals surface area contributed by atoms with Crippen LogP contribution in [0.2, 0.25) is 5.02 Å². The van der Waals surface area contributed by atoms with Crippen LogP contribution in [-0.4, -0.2) is 30.9 Å². The van der Waals surface area contributed by atoms with E-state index in [9.17, 15) is 9.59 Å². The molecule has 3 aromatic carbocycles. The van der Waals surface area contributed by atoms with Crippen LogP contribution in [0.15, 0.2) is 72.8 Å². The lowest BCUT2D eigenvalue weighted by molar-refractivity contribution is 0.0926. The molecule has 6 heteroatoms. The minimum atomic E-state index is -0.0986. The third-order valence-electron chi connectivity index (χ3n) is 7.08. The summed E-state index contributed by atoms with van der Waals surface area (Å²) in [5.74, 6) is -0.128. The van der Waals surface area contributed by atoms with Crippen LogP contribution in [0, 0.1) is 0 Å². The zero-order chi connectivity index (χ0) is 24.2. The van der Waals surface area contributed by atoms with Gasteiger partial charge >= 0.3 is 0 Å². The molecule has 1 saturated heterocycles. The Bertz CT molecular complexity index is 1220. The number of rotatable bonds is 5. The maximum Gasteiger partial charge on any atom is 0.253 e. The Labute approximate surface area is 211 Å². The first-order valence-corrected chi connectivity index (χ1v) is 12.8. The van der Waals surface area contributed by atoms with Crippen LogP contribution in [0.25, 0.3) is 0 Å². The first-order chi connectivity index (χ1) is 17.1. The zero-order valence-electron chi connectivity index (χ0n) is 19.7. The van der Waals surface area contributed by atoms with Gasteiger partial charge in [-0.2, -0.15) is 0 Å². The molecular formula is C29H30ClN3O2. The summed E-state index contributed by atoms with van der Waals surface area (Å²) in [6.07, 6.45) is 4.75. The Morgan fingerprint density at radius 2 is 1.60 bits per heavy atom. The van der Waals surface area contributed by atoms with Crippen LogP contribution in [0.5, 0.6) is 0 Å². The summed E-state index contributed by atoms with van der Waals surface area (Å²) >= 11 is 6.03. The van der Waals surface area contributed by atoms with Gasteiger partial charge in [-0.3, -0.25) is 9.59 Å². The van der Waals surface area contributed by atoms with Crippen LogP contribution in [0.4, 0.5) is 5.69 Å². The predicted octanol–water partition coefficient (Wildman–Crippen LogP) is 5.55. The lowest BCUT2D eigenvalue weighted by Gasteiger charge is -2.35. The molecule has 1 aliphatic heterocycles. The number of fused-ring (bicyclic) bond motifs is 1. The summed E-state index contributed by atoms with van der Waals surface area (Å²) in [7, 11) is 0. The molecule has 0 unspecified atom stereocenters. The smallest absolute Gasteiger partial charge is 0.253 e. The summed E-state index contributed by atoms with van der Waals surface area (Å²) in [6.45, 7) is 1.55. The van der Waals surface area contributed by atoms with Gasteiger partial charge in [0.2, 0.25) is 0 Å². The molecule has 1 aliphatic carbocycles. The van der Waals surface area contributed by atoms with Gasteiger partial charge in [0.25, 0.3) is 11.8 Å². The van der Waals surface area contributed by atoms with Gasteiger partial charge in [0.15, 0.2) is 0 Å². The first-order valence-electron chi connectivity index (χ1n) is 12.4. The molecule has 3 aromatic rings. The fraction of sp³-hybridized carbons (Fsp3) is 0.310. The van der Waals surface area contributed by atoms with Crippen molar-refractivity contribution in [3.8, 4) is 0 Å². The number of carbonyl (C=O) groups is 2. The van der Waals surface area contributed by atoms with Crippen molar-refractivity contribution in [3.63, 3.8) is 0 Å². The molecular weight excluding hydrogens is 458 g/mol. The average molecular weight is 488 g/mol. The highest BCUT2D eigenvalue weighted by Crippen LogP contribution is 2.31. The van der Waals surface area contributed by atoms with E-state index in [-0.39, 0.29) is 23.9 Å². The van der Waals surface area contributed by atoms with Crippen molar-refractivity contribution in [2.24, 2.45) is 0 Å². The molecule has 1 heterocycles. The van der Waals surface area contributed by atoms with Crippen LogP contribution >= 0.6 is 11.6 Å². The van der Waals surface area contributed by atoms with E-state index in [0.29, 0.717) is 16.1 Å². The van der Waals surface area contributed by atoms with E-state index in [0.717, 1.165) is 50.9 Å². The quantitative estimate of drug-likeness (QED) is 0.496. The molecule has 0 spiro atoms. The molecule has 5 rings (SSSR count). The topological polar surface area (TPSA) is 61.4 Å². The van der Waals surface area contributed by atoms with Crippen LogP contribution in [0.1, 0.15) is 63.6 Å². The molecule has 35 heavy (non-hydrogen) atoms. The lowest BCUT2D eigenvalue weighted by atomic mass is 9.87. The van der Waals surface area contributed by atoms with E-state index >= 15 is 0 Å². The highest BCUT2D eigenvalue weighted by Gasteiger charge is 2.26. The number of carbonyl (C=O) groups excluding carboxylic acids is 2. The Hall–Kier alpha value is -3.31. The maximum atomic E-state index is 13.4. The monoisotopic (exact) mass is 487 g/mol. The number of hydrogen-bond acceptors (Lipinski definition) is 3. The second-order valence-corrected chi connectivity index (χ2v) is 9.82. The molecule has 0 radical (unpaired) electrons. The molecule has 5 nitrogen and oxygen atoms in total. The number of aryl methyl sites for hydroxylation is 1. The standard InChI is InChI=1S/C29H30ClN3O2/c30-22-10-5-9-21(19-22)28(34)31-23-15-17-33(18-16-23)27-14-4-3-12-25(27)29(35)32-26-13-6-8-20-7-1-2-11-24(20)26/h1-5,7,9-12,14,19,23,26H,6,8,13,15-18H2,(H,31,34)(H,32,35)/t26-/m0/s1. The lowest BCUT2D eigenvalue weighted by Crippen LogP contribution is -2.45. The molecule has 0 bridgehead atoms. The number of amides is 2. The van der Waals surface area contributed by atoms with Crippen LogP contribution < -0.4 is 15.5 Å². The van der Waals surface area contributed by atoms with Gasteiger partial charge < -0.3 is 15.5 Å².